The van der Waals surface area contributed by atoms with Crippen LogP contribution in [0.5, 0.6) is 0 Å². The molecule has 0 aromatic carbocycles. The topological polar surface area (TPSA) is 68.0 Å². The number of nitrogens with zero attached hydrogens (tertiary/aromatic N) is 1. The maximum absolute atomic E-state index is 12.0. The monoisotopic (exact) mass is 233 g/mol. The van der Waals surface area contributed by atoms with Crippen molar-refractivity contribution >= 4 is 11.7 Å². The van der Waals surface area contributed by atoms with E-state index in [0.717, 1.165) is 30.9 Å². The number of nitrogens with two attached hydrogens (primary N) is 1. The number of nitrogens with one attached hydrogen (secondary N) is 1. The van der Waals surface area contributed by atoms with Crippen molar-refractivity contribution in [2.75, 3.05) is 5.73 Å². The third kappa shape index (κ3) is 2.75. The lowest BCUT2D eigenvalue weighted by Gasteiger charge is -2.33. The van der Waals surface area contributed by atoms with Crippen LogP contribution in [0.4, 0.5) is 5.82 Å². The van der Waals surface area contributed by atoms with E-state index in [-0.39, 0.29) is 5.91 Å². The molecule has 0 saturated heterocycles. The van der Waals surface area contributed by atoms with Gasteiger partial charge in [0.05, 0.1) is 0 Å². The van der Waals surface area contributed by atoms with Gasteiger partial charge < -0.3 is 11.1 Å². The normalized spacial score (nSPS) is 22.9. The number of carbonyl (C=O) groups excluding carboxylic acids is 1. The van der Waals surface area contributed by atoms with Crippen LogP contribution in [0.3, 0.4) is 0 Å². The number of amides is 1. The van der Waals surface area contributed by atoms with Crippen LogP contribution in [-0.2, 0) is 6.42 Å². The summed E-state index contributed by atoms with van der Waals surface area (Å²) < 4.78 is 0. The van der Waals surface area contributed by atoms with Crippen LogP contribution in [0.25, 0.3) is 0 Å². The Morgan fingerprint density at radius 2 is 2.24 bits per heavy atom. The van der Waals surface area contributed by atoms with Crippen molar-refractivity contribution in [3.8, 4) is 0 Å². The van der Waals surface area contributed by atoms with Gasteiger partial charge in [-0.3, -0.25) is 4.79 Å². The number of carbonyl (C=O) groups is 1. The van der Waals surface area contributed by atoms with E-state index in [2.05, 4.69) is 17.2 Å². The summed E-state index contributed by atoms with van der Waals surface area (Å²) in [6.07, 6.45) is 2.94. The summed E-state index contributed by atoms with van der Waals surface area (Å²) in [4.78, 5) is 16.1. The van der Waals surface area contributed by atoms with Gasteiger partial charge >= 0.3 is 0 Å². The summed E-state index contributed by atoms with van der Waals surface area (Å²) in [5.41, 5.74) is 7.16. The van der Waals surface area contributed by atoms with Gasteiger partial charge in [-0.1, -0.05) is 13.8 Å². The molecule has 0 radical (unpaired) electrons. The second-order valence-corrected chi connectivity index (χ2v) is 4.87. The summed E-state index contributed by atoms with van der Waals surface area (Å²) in [6, 6.07) is 3.78. The number of hydrogen-bond acceptors (Lipinski definition) is 3. The van der Waals surface area contributed by atoms with Crippen molar-refractivity contribution in [2.45, 2.75) is 39.2 Å². The van der Waals surface area contributed by atoms with Gasteiger partial charge in [-0.2, -0.15) is 0 Å². The Kier molecular flexibility index (Phi) is 3.31. The quantitative estimate of drug-likeness (QED) is 0.835. The average molecular weight is 233 g/mol. The highest BCUT2D eigenvalue weighted by molar-refractivity contribution is 5.95. The third-order valence-electron chi connectivity index (χ3n) is 3.23. The molecule has 4 nitrogen and oxygen atoms in total. The van der Waals surface area contributed by atoms with Gasteiger partial charge in [-0.05, 0) is 37.3 Å². The number of aromatic nitrogens is 1. The summed E-state index contributed by atoms with van der Waals surface area (Å²) in [5.74, 6) is 1.11. The van der Waals surface area contributed by atoms with Crippen LogP contribution in [0.2, 0.25) is 0 Å². The van der Waals surface area contributed by atoms with Gasteiger partial charge in [0, 0.05) is 17.3 Å². The van der Waals surface area contributed by atoms with E-state index in [0.29, 0.717) is 17.4 Å². The molecule has 0 bridgehead atoms. The molecule has 1 aliphatic rings. The second kappa shape index (κ2) is 4.73. The van der Waals surface area contributed by atoms with E-state index in [1.54, 1.807) is 6.07 Å². The lowest BCUT2D eigenvalue weighted by Crippen LogP contribution is -2.43. The number of hydrogen-bond donors (Lipinski definition) is 2. The molecular weight excluding hydrogens is 214 g/mol. The fourth-order valence-electron chi connectivity index (χ4n) is 2.21. The zero-order chi connectivity index (χ0) is 12.4. The first-order valence-electron chi connectivity index (χ1n) is 6.15. The Labute approximate surface area is 102 Å². The fourth-order valence-corrected chi connectivity index (χ4v) is 2.21. The predicted octanol–water partition coefficient (Wildman–Crippen LogP) is 1.75. The molecule has 1 amide bonds. The molecule has 1 aromatic heterocycles. The Hall–Kier alpha value is -1.58. The Balaban J connectivity index is 2.05. The predicted molar refractivity (Wildman–Crippen MR) is 67.7 cm³/mol. The number of aryl methyl sites for hydroxylation is 1. The Morgan fingerprint density at radius 3 is 2.82 bits per heavy atom. The first-order chi connectivity index (χ1) is 8.08. The Bertz CT molecular complexity index is 425. The minimum atomic E-state index is -0.0364. The van der Waals surface area contributed by atoms with Crippen LogP contribution in [0.1, 0.15) is 42.7 Å². The molecule has 4 heteroatoms. The van der Waals surface area contributed by atoms with Crippen molar-refractivity contribution in [3.05, 3.63) is 23.4 Å². The maximum atomic E-state index is 12.0. The highest BCUT2D eigenvalue weighted by atomic mass is 16.1. The lowest BCUT2D eigenvalue weighted by atomic mass is 9.82. The largest absolute Gasteiger partial charge is 0.384 e. The summed E-state index contributed by atoms with van der Waals surface area (Å²) in [5, 5.41) is 3.02. The van der Waals surface area contributed by atoms with Crippen molar-refractivity contribution in [2.24, 2.45) is 5.92 Å². The molecule has 0 atom stereocenters. The summed E-state index contributed by atoms with van der Waals surface area (Å²) in [6.45, 7) is 4.19. The molecule has 1 aromatic rings. The zero-order valence-corrected chi connectivity index (χ0v) is 10.4. The summed E-state index contributed by atoms with van der Waals surface area (Å²) >= 11 is 0. The lowest BCUT2D eigenvalue weighted by molar-refractivity contribution is 0.0896. The molecule has 0 aliphatic heterocycles. The smallest absolute Gasteiger partial charge is 0.251 e. The van der Waals surface area contributed by atoms with Gasteiger partial charge in [-0.15, -0.1) is 0 Å². The molecule has 0 spiro atoms. The van der Waals surface area contributed by atoms with E-state index in [1.165, 1.54) is 0 Å². The van der Waals surface area contributed by atoms with Crippen LogP contribution < -0.4 is 11.1 Å². The van der Waals surface area contributed by atoms with Gasteiger partial charge in [0.1, 0.15) is 5.82 Å². The SMILES string of the molecule is CCc1cc(C(=O)NC2CC(C)C2)cc(N)n1. The van der Waals surface area contributed by atoms with Crippen LogP contribution >= 0.6 is 0 Å². The molecule has 1 saturated carbocycles. The molecular formula is C13H19N3O. The van der Waals surface area contributed by atoms with Crippen LogP contribution in [-0.4, -0.2) is 16.9 Å². The van der Waals surface area contributed by atoms with E-state index in [4.69, 9.17) is 5.73 Å². The van der Waals surface area contributed by atoms with Gasteiger partial charge in [0.15, 0.2) is 0 Å². The minimum Gasteiger partial charge on any atom is -0.384 e. The molecule has 17 heavy (non-hydrogen) atoms. The molecule has 92 valence electrons. The van der Waals surface area contributed by atoms with Crippen molar-refractivity contribution < 1.29 is 4.79 Å². The van der Waals surface area contributed by atoms with Crippen LogP contribution in [0, 0.1) is 5.92 Å². The fraction of sp³-hybridized carbons (Fsp3) is 0.538. The summed E-state index contributed by atoms with van der Waals surface area (Å²) in [7, 11) is 0. The van der Waals surface area contributed by atoms with Gasteiger partial charge in [0.25, 0.3) is 5.91 Å². The number of anilines is 1. The number of rotatable bonds is 3. The molecule has 3 N–H and O–H groups in total. The standard InChI is InChI=1S/C13H19N3O/c1-3-10-6-9(7-12(14)15-10)13(17)16-11-4-8(2)5-11/h6-8,11H,3-5H2,1-2H3,(H2,14,15)(H,16,17). The zero-order valence-electron chi connectivity index (χ0n) is 10.4. The van der Waals surface area contributed by atoms with Gasteiger partial charge in [-0.25, -0.2) is 4.98 Å². The van der Waals surface area contributed by atoms with Gasteiger partial charge in [0.2, 0.25) is 0 Å². The van der Waals surface area contributed by atoms with Crippen molar-refractivity contribution in [3.63, 3.8) is 0 Å². The first kappa shape index (κ1) is 11.9. The Morgan fingerprint density at radius 1 is 1.53 bits per heavy atom. The molecule has 0 unspecified atom stereocenters. The molecule has 1 heterocycles. The number of nitrogen functional groups attached to an aromatic ring is 1. The molecule has 1 fully saturated rings. The van der Waals surface area contributed by atoms with E-state index in [9.17, 15) is 4.79 Å². The third-order valence-corrected chi connectivity index (χ3v) is 3.23. The van der Waals surface area contributed by atoms with E-state index >= 15 is 0 Å². The van der Waals surface area contributed by atoms with Crippen molar-refractivity contribution in [1.29, 1.82) is 0 Å². The molecule has 1 aliphatic carbocycles. The maximum Gasteiger partial charge on any atom is 0.251 e. The highest BCUT2D eigenvalue weighted by Crippen LogP contribution is 2.26. The number of pyridine rings is 1. The molecule has 2 rings (SSSR count). The minimum absolute atomic E-state index is 0.0364. The first-order valence-corrected chi connectivity index (χ1v) is 6.15. The second-order valence-electron chi connectivity index (χ2n) is 4.87. The van der Waals surface area contributed by atoms with Crippen LogP contribution in [0.15, 0.2) is 12.1 Å². The van der Waals surface area contributed by atoms with Crippen molar-refractivity contribution in [1.82, 2.24) is 10.3 Å². The van der Waals surface area contributed by atoms with E-state index in [1.807, 2.05) is 13.0 Å². The average Bonchev–Trinajstić information content (AvgIpc) is 2.26. The van der Waals surface area contributed by atoms with E-state index < -0.39 is 0 Å². The highest BCUT2D eigenvalue weighted by Gasteiger charge is 2.26.